The van der Waals surface area contributed by atoms with Gasteiger partial charge >= 0.3 is 0 Å². The second-order valence-electron chi connectivity index (χ2n) is 5.30. The molecule has 1 atom stereocenters. The van der Waals surface area contributed by atoms with E-state index in [1.165, 1.54) is 12.1 Å². The summed E-state index contributed by atoms with van der Waals surface area (Å²) in [6.45, 7) is 0.493. The van der Waals surface area contributed by atoms with E-state index in [0.29, 0.717) is 17.7 Å². The lowest BCUT2D eigenvalue weighted by atomic mass is 10.0. The normalized spacial score (nSPS) is 11.9. The summed E-state index contributed by atoms with van der Waals surface area (Å²) in [7, 11) is 0. The van der Waals surface area contributed by atoms with Gasteiger partial charge in [0.1, 0.15) is 24.3 Å². The first-order chi connectivity index (χ1) is 11.2. The van der Waals surface area contributed by atoms with E-state index < -0.39 is 6.10 Å². The van der Waals surface area contributed by atoms with Crippen molar-refractivity contribution in [1.29, 1.82) is 0 Å². The lowest BCUT2D eigenvalue weighted by Gasteiger charge is -2.13. The van der Waals surface area contributed by atoms with Crippen LogP contribution in [0.1, 0.15) is 22.8 Å². The highest BCUT2D eigenvalue weighted by atomic mass is 19.1. The van der Waals surface area contributed by atoms with Crippen molar-refractivity contribution < 1.29 is 14.2 Å². The van der Waals surface area contributed by atoms with Crippen LogP contribution in [-0.4, -0.2) is 5.11 Å². The maximum absolute atomic E-state index is 13.2. The van der Waals surface area contributed by atoms with Crippen LogP contribution in [0.5, 0.6) is 5.75 Å². The number of ether oxygens (including phenoxy) is 1. The molecule has 3 aromatic carbocycles. The number of aliphatic hydroxyl groups excluding tert-OH is 1. The Labute approximate surface area is 134 Å². The van der Waals surface area contributed by atoms with E-state index in [1.54, 1.807) is 36.4 Å². The van der Waals surface area contributed by atoms with Gasteiger partial charge in [0.2, 0.25) is 0 Å². The molecule has 23 heavy (non-hydrogen) atoms. The summed E-state index contributed by atoms with van der Waals surface area (Å²) in [6, 6.07) is 23.1. The van der Waals surface area contributed by atoms with Crippen LogP contribution in [0.15, 0.2) is 78.9 Å². The van der Waals surface area contributed by atoms with Crippen LogP contribution in [0, 0.1) is 5.82 Å². The fourth-order valence-electron chi connectivity index (χ4n) is 2.36. The highest BCUT2D eigenvalue weighted by Crippen LogP contribution is 2.24. The molecule has 3 heteroatoms. The van der Waals surface area contributed by atoms with Gasteiger partial charge in [-0.2, -0.15) is 0 Å². The monoisotopic (exact) mass is 308 g/mol. The van der Waals surface area contributed by atoms with Gasteiger partial charge in [0, 0.05) is 0 Å². The number of halogens is 1. The topological polar surface area (TPSA) is 29.5 Å². The zero-order valence-electron chi connectivity index (χ0n) is 12.5. The fourth-order valence-corrected chi connectivity index (χ4v) is 2.36. The molecule has 0 saturated heterocycles. The third-order valence-electron chi connectivity index (χ3n) is 3.61. The maximum atomic E-state index is 13.2. The third-order valence-corrected chi connectivity index (χ3v) is 3.61. The van der Waals surface area contributed by atoms with E-state index in [-0.39, 0.29) is 5.82 Å². The predicted molar refractivity (Wildman–Crippen MR) is 87.7 cm³/mol. The molecule has 3 rings (SSSR count). The number of hydrogen-bond donors (Lipinski definition) is 1. The Morgan fingerprint density at radius 3 is 2.26 bits per heavy atom. The summed E-state index contributed by atoms with van der Waals surface area (Å²) in [5.41, 5.74) is 2.32. The number of benzene rings is 3. The number of rotatable bonds is 5. The van der Waals surface area contributed by atoms with Crippen molar-refractivity contribution in [3.8, 4) is 5.75 Å². The summed E-state index contributed by atoms with van der Waals surface area (Å²) in [5.74, 6) is 0.369. The van der Waals surface area contributed by atoms with Gasteiger partial charge in [0.15, 0.2) is 0 Å². The van der Waals surface area contributed by atoms with Crippen LogP contribution in [0.2, 0.25) is 0 Å². The third kappa shape index (κ3) is 3.96. The van der Waals surface area contributed by atoms with Crippen molar-refractivity contribution in [2.45, 2.75) is 12.7 Å². The Balaban J connectivity index is 1.67. The van der Waals surface area contributed by atoms with Crippen LogP contribution >= 0.6 is 0 Å². The molecule has 2 nitrogen and oxygen atoms in total. The average molecular weight is 308 g/mol. The minimum absolute atomic E-state index is 0.357. The fraction of sp³-hybridized carbons (Fsp3) is 0.100. The molecular formula is C20H17FO2. The quantitative estimate of drug-likeness (QED) is 0.752. The maximum Gasteiger partial charge on any atom is 0.123 e. The zero-order chi connectivity index (χ0) is 16.1. The average Bonchev–Trinajstić information content (AvgIpc) is 2.61. The second kappa shape index (κ2) is 7.07. The number of hydrogen-bond acceptors (Lipinski definition) is 2. The summed E-state index contributed by atoms with van der Waals surface area (Å²) in [6.07, 6.45) is -0.853. The molecule has 0 bridgehead atoms. The van der Waals surface area contributed by atoms with Crippen molar-refractivity contribution in [1.82, 2.24) is 0 Å². The Morgan fingerprint density at radius 2 is 1.57 bits per heavy atom. The minimum Gasteiger partial charge on any atom is -0.489 e. The lowest BCUT2D eigenvalue weighted by Crippen LogP contribution is -2.00. The highest BCUT2D eigenvalue weighted by molar-refractivity contribution is 5.34. The Kier molecular flexibility index (Phi) is 4.69. The van der Waals surface area contributed by atoms with Gasteiger partial charge in [-0.15, -0.1) is 0 Å². The first kappa shape index (κ1) is 15.3. The molecule has 0 amide bonds. The van der Waals surface area contributed by atoms with E-state index in [1.807, 2.05) is 30.3 Å². The van der Waals surface area contributed by atoms with Gasteiger partial charge in [0.25, 0.3) is 0 Å². The van der Waals surface area contributed by atoms with Crippen LogP contribution in [0.4, 0.5) is 4.39 Å². The predicted octanol–water partition coefficient (Wildman–Crippen LogP) is 4.49. The molecular weight excluding hydrogens is 291 g/mol. The van der Waals surface area contributed by atoms with Crippen molar-refractivity contribution in [3.63, 3.8) is 0 Å². The molecule has 0 spiro atoms. The molecule has 1 N–H and O–H groups in total. The first-order valence-electron chi connectivity index (χ1n) is 7.42. The standard InChI is InChI=1S/C20H17FO2/c21-18-8-4-7-17(13-18)20(22)16-9-11-19(12-10-16)23-14-15-5-2-1-3-6-15/h1-13,20,22H,14H2. The second-order valence-corrected chi connectivity index (χ2v) is 5.30. The molecule has 3 aromatic rings. The van der Waals surface area contributed by atoms with Crippen molar-refractivity contribution >= 4 is 0 Å². The van der Waals surface area contributed by atoms with Gasteiger partial charge in [-0.05, 0) is 41.0 Å². The zero-order valence-corrected chi connectivity index (χ0v) is 12.5. The first-order valence-corrected chi connectivity index (χ1v) is 7.42. The smallest absolute Gasteiger partial charge is 0.123 e. The van der Waals surface area contributed by atoms with Crippen LogP contribution < -0.4 is 4.74 Å². The van der Waals surface area contributed by atoms with Crippen molar-refractivity contribution in [2.24, 2.45) is 0 Å². The van der Waals surface area contributed by atoms with Crippen LogP contribution in [0.3, 0.4) is 0 Å². The molecule has 116 valence electrons. The minimum atomic E-state index is -0.853. The largest absolute Gasteiger partial charge is 0.489 e. The van der Waals surface area contributed by atoms with E-state index >= 15 is 0 Å². The molecule has 0 aliphatic carbocycles. The molecule has 0 saturated carbocycles. The van der Waals surface area contributed by atoms with E-state index in [2.05, 4.69) is 0 Å². The van der Waals surface area contributed by atoms with E-state index in [0.717, 1.165) is 11.3 Å². The molecule has 0 fully saturated rings. The van der Waals surface area contributed by atoms with E-state index in [4.69, 9.17) is 4.74 Å². The molecule has 0 aromatic heterocycles. The van der Waals surface area contributed by atoms with Crippen molar-refractivity contribution in [2.75, 3.05) is 0 Å². The van der Waals surface area contributed by atoms with Crippen LogP contribution in [-0.2, 0) is 6.61 Å². The van der Waals surface area contributed by atoms with Gasteiger partial charge in [0.05, 0.1) is 0 Å². The van der Waals surface area contributed by atoms with Gasteiger partial charge in [-0.25, -0.2) is 4.39 Å². The highest BCUT2D eigenvalue weighted by Gasteiger charge is 2.11. The summed E-state index contributed by atoms with van der Waals surface area (Å²) >= 11 is 0. The summed E-state index contributed by atoms with van der Waals surface area (Å²) < 4.78 is 18.9. The summed E-state index contributed by atoms with van der Waals surface area (Å²) in [5, 5.41) is 10.3. The SMILES string of the molecule is OC(c1ccc(OCc2ccccc2)cc1)c1cccc(F)c1. The molecule has 0 aliphatic rings. The number of aliphatic hydroxyl groups is 1. The van der Waals surface area contributed by atoms with Gasteiger partial charge < -0.3 is 9.84 Å². The Hall–Kier alpha value is -2.65. The van der Waals surface area contributed by atoms with Crippen LogP contribution in [0.25, 0.3) is 0 Å². The molecule has 0 radical (unpaired) electrons. The lowest BCUT2D eigenvalue weighted by molar-refractivity contribution is 0.219. The summed E-state index contributed by atoms with van der Waals surface area (Å²) in [4.78, 5) is 0. The molecule has 0 aliphatic heterocycles. The van der Waals surface area contributed by atoms with E-state index in [9.17, 15) is 9.50 Å². The van der Waals surface area contributed by atoms with Gasteiger partial charge in [-0.3, -0.25) is 0 Å². The van der Waals surface area contributed by atoms with Gasteiger partial charge in [-0.1, -0.05) is 54.6 Å². The molecule has 1 unspecified atom stereocenters. The molecule has 0 heterocycles. The Morgan fingerprint density at radius 1 is 0.826 bits per heavy atom. The Bertz CT molecular complexity index is 754. The van der Waals surface area contributed by atoms with Crippen molar-refractivity contribution in [3.05, 3.63) is 101 Å².